The number of carbonyl (C=O) groups is 3. The lowest BCUT2D eigenvalue weighted by Gasteiger charge is -2.18. The molecule has 0 aliphatic rings. The molecule has 0 fully saturated rings. The monoisotopic (exact) mass is 835 g/mol. The van der Waals surface area contributed by atoms with Crippen LogP contribution in [-0.4, -0.2) is 37.2 Å². The Morgan fingerprint density at radius 3 is 0.831 bits per heavy atom. The van der Waals surface area contributed by atoms with E-state index in [9.17, 15) is 14.4 Å². The summed E-state index contributed by atoms with van der Waals surface area (Å²) in [4.78, 5) is 37.9. The number of hydrogen-bond acceptors (Lipinski definition) is 6. The van der Waals surface area contributed by atoms with Crippen LogP contribution in [0, 0.1) is 5.92 Å². The van der Waals surface area contributed by atoms with Gasteiger partial charge in [-0.05, 0) is 25.2 Å². The highest BCUT2D eigenvalue weighted by molar-refractivity contribution is 5.71. The Balaban J connectivity index is 4.30. The number of esters is 3. The van der Waals surface area contributed by atoms with Gasteiger partial charge in [-0.25, -0.2) is 0 Å². The van der Waals surface area contributed by atoms with Crippen molar-refractivity contribution in [1.29, 1.82) is 0 Å². The fourth-order valence-corrected chi connectivity index (χ4v) is 8.04. The van der Waals surface area contributed by atoms with Gasteiger partial charge in [-0.1, -0.05) is 259 Å². The minimum Gasteiger partial charge on any atom is -0.462 e. The number of ether oxygens (including phenoxy) is 3. The smallest absolute Gasteiger partial charge is 0.306 e. The number of unbranched alkanes of at least 4 members (excludes halogenated alkanes) is 35. The zero-order valence-electron chi connectivity index (χ0n) is 40.2. The van der Waals surface area contributed by atoms with Crippen molar-refractivity contribution in [2.45, 2.75) is 303 Å². The van der Waals surface area contributed by atoms with E-state index in [1.54, 1.807) is 0 Å². The Labute approximate surface area is 368 Å². The van der Waals surface area contributed by atoms with Crippen molar-refractivity contribution in [3.05, 3.63) is 0 Å². The van der Waals surface area contributed by atoms with Gasteiger partial charge in [-0.15, -0.1) is 0 Å². The summed E-state index contributed by atoms with van der Waals surface area (Å²) in [5, 5.41) is 0. The fraction of sp³-hybridized carbons (Fsp3) is 0.943. The van der Waals surface area contributed by atoms with E-state index in [1.165, 1.54) is 193 Å². The molecule has 0 aliphatic heterocycles. The van der Waals surface area contributed by atoms with Gasteiger partial charge in [0, 0.05) is 19.3 Å². The molecule has 0 saturated heterocycles. The Kier molecular flexibility index (Phi) is 46.2. The van der Waals surface area contributed by atoms with Gasteiger partial charge in [0.15, 0.2) is 6.10 Å². The standard InChI is InChI=1S/C53H102O6/c1-5-7-9-11-13-15-17-19-21-23-25-29-33-37-41-45-52(55)58-48-50(59-53(56)46-42-38-34-30-26-27-31-35-39-43-49(3)4)47-57-51(54)44-40-36-32-28-24-22-20-18-16-14-12-10-8-6-2/h49-50H,5-48H2,1-4H3/t50-/m0/s1. The number of rotatable bonds is 48. The molecule has 0 aromatic carbocycles. The molecule has 0 amide bonds. The van der Waals surface area contributed by atoms with Crippen LogP contribution >= 0.6 is 0 Å². The Morgan fingerprint density at radius 1 is 0.322 bits per heavy atom. The second-order valence-electron chi connectivity index (χ2n) is 18.6. The zero-order valence-corrected chi connectivity index (χ0v) is 40.2. The van der Waals surface area contributed by atoms with Gasteiger partial charge in [-0.2, -0.15) is 0 Å². The van der Waals surface area contributed by atoms with Gasteiger partial charge >= 0.3 is 17.9 Å². The maximum atomic E-state index is 12.8. The van der Waals surface area contributed by atoms with E-state index in [1.807, 2.05) is 0 Å². The summed E-state index contributed by atoms with van der Waals surface area (Å²) in [6, 6.07) is 0. The molecular formula is C53H102O6. The third kappa shape index (κ3) is 47.3. The lowest BCUT2D eigenvalue weighted by Crippen LogP contribution is -2.30. The second kappa shape index (κ2) is 47.5. The van der Waals surface area contributed by atoms with Crippen molar-refractivity contribution in [2.24, 2.45) is 5.92 Å². The normalized spacial score (nSPS) is 11.9. The van der Waals surface area contributed by atoms with E-state index in [0.717, 1.165) is 63.7 Å². The predicted molar refractivity (Wildman–Crippen MR) is 252 cm³/mol. The van der Waals surface area contributed by atoms with Crippen molar-refractivity contribution < 1.29 is 28.6 Å². The maximum absolute atomic E-state index is 12.8. The summed E-state index contributed by atoms with van der Waals surface area (Å²) >= 11 is 0. The Bertz CT molecular complexity index is 887. The molecule has 0 saturated carbocycles. The number of hydrogen-bond donors (Lipinski definition) is 0. The van der Waals surface area contributed by atoms with Crippen LogP contribution in [0.2, 0.25) is 0 Å². The predicted octanol–water partition coefficient (Wildman–Crippen LogP) is 17.1. The van der Waals surface area contributed by atoms with E-state index in [2.05, 4.69) is 27.7 Å². The maximum Gasteiger partial charge on any atom is 0.306 e. The molecule has 0 rings (SSSR count). The summed E-state index contributed by atoms with van der Waals surface area (Å²) in [5.74, 6) is -0.0377. The molecular weight excluding hydrogens is 733 g/mol. The fourth-order valence-electron chi connectivity index (χ4n) is 8.04. The summed E-state index contributed by atoms with van der Waals surface area (Å²) in [6.07, 6.45) is 49.4. The first-order chi connectivity index (χ1) is 28.9. The average Bonchev–Trinajstić information content (AvgIpc) is 3.22. The van der Waals surface area contributed by atoms with Gasteiger partial charge in [0.1, 0.15) is 13.2 Å². The van der Waals surface area contributed by atoms with Crippen molar-refractivity contribution >= 4 is 17.9 Å². The van der Waals surface area contributed by atoms with E-state index in [4.69, 9.17) is 14.2 Å². The van der Waals surface area contributed by atoms with E-state index in [0.29, 0.717) is 19.3 Å². The summed E-state index contributed by atoms with van der Waals surface area (Å²) in [6.45, 7) is 9.01. The highest BCUT2D eigenvalue weighted by Gasteiger charge is 2.19. The summed E-state index contributed by atoms with van der Waals surface area (Å²) in [5.41, 5.74) is 0. The largest absolute Gasteiger partial charge is 0.462 e. The summed E-state index contributed by atoms with van der Waals surface area (Å²) < 4.78 is 16.8. The Morgan fingerprint density at radius 2 is 0.559 bits per heavy atom. The molecule has 1 atom stereocenters. The topological polar surface area (TPSA) is 78.9 Å². The molecule has 59 heavy (non-hydrogen) atoms. The average molecular weight is 835 g/mol. The second-order valence-corrected chi connectivity index (χ2v) is 18.6. The molecule has 0 aromatic heterocycles. The van der Waals surface area contributed by atoms with Gasteiger partial charge in [-0.3, -0.25) is 14.4 Å². The van der Waals surface area contributed by atoms with Crippen LogP contribution in [-0.2, 0) is 28.6 Å². The molecule has 6 nitrogen and oxygen atoms in total. The van der Waals surface area contributed by atoms with Crippen molar-refractivity contribution in [3.63, 3.8) is 0 Å². The molecule has 0 N–H and O–H groups in total. The van der Waals surface area contributed by atoms with Crippen molar-refractivity contribution in [1.82, 2.24) is 0 Å². The van der Waals surface area contributed by atoms with Gasteiger partial charge in [0.25, 0.3) is 0 Å². The molecule has 0 radical (unpaired) electrons. The highest BCUT2D eigenvalue weighted by atomic mass is 16.6. The molecule has 0 aromatic rings. The third-order valence-corrected chi connectivity index (χ3v) is 12.0. The highest BCUT2D eigenvalue weighted by Crippen LogP contribution is 2.17. The molecule has 0 heterocycles. The minimum atomic E-state index is -0.761. The molecule has 6 heteroatoms. The van der Waals surface area contributed by atoms with Crippen LogP contribution in [0.25, 0.3) is 0 Å². The number of carbonyl (C=O) groups excluding carboxylic acids is 3. The minimum absolute atomic E-state index is 0.0629. The van der Waals surface area contributed by atoms with Gasteiger partial charge in [0.05, 0.1) is 0 Å². The van der Waals surface area contributed by atoms with E-state index >= 15 is 0 Å². The first kappa shape index (κ1) is 57.4. The molecule has 0 spiro atoms. The SMILES string of the molecule is CCCCCCCCCCCCCCCCCC(=O)OC[C@H](COC(=O)CCCCCCCCCCCCCCCC)OC(=O)CCCCCCCCCCCC(C)C. The van der Waals surface area contributed by atoms with Crippen LogP contribution in [0.4, 0.5) is 0 Å². The first-order valence-electron chi connectivity index (χ1n) is 26.4. The summed E-state index contributed by atoms with van der Waals surface area (Å²) in [7, 11) is 0. The first-order valence-corrected chi connectivity index (χ1v) is 26.4. The molecule has 0 bridgehead atoms. The molecule has 350 valence electrons. The van der Waals surface area contributed by atoms with Crippen LogP contribution in [0.5, 0.6) is 0 Å². The van der Waals surface area contributed by atoms with E-state index < -0.39 is 6.10 Å². The quantitative estimate of drug-likeness (QED) is 0.0345. The third-order valence-electron chi connectivity index (χ3n) is 12.0. The van der Waals surface area contributed by atoms with Crippen LogP contribution in [0.3, 0.4) is 0 Å². The van der Waals surface area contributed by atoms with Crippen molar-refractivity contribution in [2.75, 3.05) is 13.2 Å². The van der Waals surface area contributed by atoms with Crippen LogP contribution < -0.4 is 0 Å². The Hall–Kier alpha value is -1.59. The van der Waals surface area contributed by atoms with Gasteiger partial charge < -0.3 is 14.2 Å². The van der Waals surface area contributed by atoms with Gasteiger partial charge in [0.2, 0.25) is 0 Å². The van der Waals surface area contributed by atoms with Crippen LogP contribution in [0.15, 0.2) is 0 Å². The zero-order chi connectivity index (χ0) is 43.1. The van der Waals surface area contributed by atoms with Crippen molar-refractivity contribution in [3.8, 4) is 0 Å². The van der Waals surface area contributed by atoms with E-state index in [-0.39, 0.29) is 31.1 Å². The van der Waals surface area contributed by atoms with Crippen LogP contribution in [0.1, 0.15) is 297 Å². The molecule has 0 unspecified atom stereocenters. The lowest BCUT2D eigenvalue weighted by molar-refractivity contribution is -0.167. The molecule has 0 aliphatic carbocycles. The lowest BCUT2D eigenvalue weighted by atomic mass is 10.0.